The van der Waals surface area contributed by atoms with Crippen molar-refractivity contribution in [3.63, 3.8) is 0 Å². The van der Waals surface area contributed by atoms with Gasteiger partial charge in [-0.2, -0.15) is 11.3 Å². The van der Waals surface area contributed by atoms with Gasteiger partial charge in [-0.3, -0.25) is 0 Å². The summed E-state index contributed by atoms with van der Waals surface area (Å²) in [6.07, 6.45) is 3.99. The molecule has 2 atom stereocenters. The Morgan fingerprint density at radius 2 is 2.44 bits per heavy atom. The Hall–Kier alpha value is 0.1000. The maximum atomic E-state index is 5.89. The fourth-order valence-corrected chi connectivity index (χ4v) is 3.78. The predicted octanol–water partition coefficient (Wildman–Crippen LogP) is 3.73. The molecule has 2 heterocycles. The van der Waals surface area contributed by atoms with Crippen LogP contribution in [0.5, 0.6) is 0 Å². The van der Waals surface area contributed by atoms with Gasteiger partial charge in [0, 0.05) is 16.5 Å². The van der Waals surface area contributed by atoms with Crippen LogP contribution in [-0.4, -0.2) is 19.3 Å². The van der Waals surface area contributed by atoms with Gasteiger partial charge in [0.2, 0.25) is 0 Å². The van der Waals surface area contributed by atoms with Crippen molar-refractivity contribution in [2.24, 2.45) is 0 Å². The summed E-state index contributed by atoms with van der Waals surface area (Å²) in [6.45, 7) is 4.04. The molecule has 2 rings (SSSR count). The third kappa shape index (κ3) is 2.86. The number of thiophene rings is 1. The summed E-state index contributed by atoms with van der Waals surface area (Å²) in [6, 6.07) is 0.339. The lowest BCUT2D eigenvalue weighted by atomic mass is 9.97. The van der Waals surface area contributed by atoms with E-state index in [1.165, 1.54) is 29.3 Å². The second-order valence-electron chi connectivity index (χ2n) is 4.12. The highest BCUT2D eigenvalue weighted by Gasteiger charge is 2.26. The van der Waals surface area contributed by atoms with E-state index in [2.05, 4.69) is 38.9 Å². The molecule has 1 aliphatic rings. The lowest BCUT2D eigenvalue weighted by Crippen LogP contribution is -2.35. The third-order valence-electron chi connectivity index (χ3n) is 2.99. The molecule has 0 bridgehead atoms. The molecule has 0 aromatic carbocycles. The second-order valence-corrected chi connectivity index (χ2v) is 5.71. The van der Waals surface area contributed by atoms with Gasteiger partial charge in [0.25, 0.3) is 0 Å². The van der Waals surface area contributed by atoms with E-state index in [1.807, 2.05) is 0 Å². The van der Waals surface area contributed by atoms with E-state index in [0.717, 1.165) is 13.2 Å². The van der Waals surface area contributed by atoms with Crippen molar-refractivity contribution in [1.29, 1.82) is 0 Å². The number of likely N-dealkylation sites (N-methyl/N-ethyl adjacent to an activating group) is 1. The van der Waals surface area contributed by atoms with Gasteiger partial charge in [-0.25, -0.2) is 0 Å². The fraction of sp³-hybridized carbons (Fsp3) is 0.667. The zero-order valence-electron chi connectivity index (χ0n) is 9.54. The van der Waals surface area contributed by atoms with Gasteiger partial charge in [0.05, 0.1) is 12.1 Å². The van der Waals surface area contributed by atoms with E-state index >= 15 is 0 Å². The van der Waals surface area contributed by atoms with E-state index in [4.69, 9.17) is 4.74 Å². The molecule has 0 aliphatic carbocycles. The summed E-state index contributed by atoms with van der Waals surface area (Å²) in [5.74, 6) is 0. The van der Waals surface area contributed by atoms with Crippen LogP contribution >= 0.6 is 27.3 Å². The molecule has 1 aliphatic heterocycles. The molecular formula is C12H18BrNOS. The standard InChI is InChI=1S/C12H18BrNOS/c1-2-14-12(9-7-16-8-10(9)13)11-5-3-4-6-15-11/h7-8,11-12,14H,2-6H2,1H3. The SMILES string of the molecule is CCNC(c1cscc1Br)C1CCCCO1. The minimum absolute atomic E-state index is 0.333. The maximum Gasteiger partial charge on any atom is 0.0770 e. The van der Waals surface area contributed by atoms with Crippen LogP contribution in [0, 0.1) is 0 Å². The van der Waals surface area contributed by atoms with Crippen LogP contribution in [0.4, 0.5) is 0 Å². The first kappa shape index (κ1) is 12.6. The number of hydrogen-bond acceptors (Lipinski definition) is 3. The van der Waals surface area contributed by atoms with Gasteiger partial charge >= 0.3 is 0 Å². The monoisotopic (exact) mass is 303 g/mol. The molecule has 0 radical (unpaired) electrons. The van der Waals surface area contributed by atoms with Gasteiger partial charge in [0.15, 0.2) is 0 Å². The minimum Gasteiger partial charge on any atom is -0.376 e. The average molecular weight is 304 g/mol. The van der Waals surface area contributed by atoms with E-state index < -0.39 is 0 Å². The van der Waals surface area contributed by atoms with Crippen LogP contribution in [0.2, 0.25) is 0 Å². The molecule has 1 aromatic heterocycles. The smallest absolute Gasteiger partial charge is 0.0770 e. The van der Waals surface area contributed by atoms with Crippen molar-refractivity contribution < 1.29 is 4.74 Å². The number of halogens is 1. The van der Waals surface area contributed by atoms with Crippen LogP contribution in [0.25, 0.3) is 0 Å². The van der Waals surface area contributed by atoms with E-state index in [0.29, 0.717) is 12.1 Å². The predicted molar refractivity (Wildman–Crippen MR) is 72.0 cm³/mol. The normalized spacial score (nSPS) is 23.2. The Morgan fingerprint density at radius 3 is 3.00 bits per heavy atom. The molecule has 1 aromatic rings. The van der Waals surface area contributed by atoms with Crippen LogP contribution in [0.1, 0.15) is 37.8 Å². The first-order valence-corrected chi connectivity index (χ1v) is 7.63. The van der Waals surface area contributed by atoms with Gasteiger partial charge in [0.1, 0.15) is 0 Å². The average Bonchev–Trinajstić information content (AvgIpc) is 2.73. The summed E-state index contributed by atoms with van der Waals surface area (Å²) in [4.78, 5) is 0. The quantitative estimate of drug-likeness (QED) is 0.915. The molecule has 1 fully saturated rings. The maximum absolute atomic E-state index is 5.89. The number of rotatable bonds is 4. The summed E-state index contributed by atoms with van der Waals surface area (Å²) >= 11 is 5.36. The molecule has 4 heteroatoms. The van der Waals surface area contributed by atoms with Crippen LogP contribution in [0.3, 0.4) is 0 Å². The molecule has 90 valence electrons. The minimum atomic E-state index is 0.333. The van der Waals surface area contributed by atoms with E-state index in [9.17, 15) is 0 Å². The Labute approximate surface area is 110 Å². The topological polar surface area (TPSA) is 21.3 Å². The molecule has 16 heavy (non-hydrogen) atoms. The van der Waals surface area contributed by atoms with Crippen molar-refractivity contribution in [2.75, 3.05) is 13.2 Å². The Bertz CT molecular complexity index is 323. The van der Waals surface area contributed by atoms with Gasteiger partial charge < -0.3 is 10.1 Å². The van der Waals surface area contributed by atoms with Crippen LogP contribution < -0.4 is 5.32 Å². The molecule has 1 N–H and O–H groups in total. The van der Waals surface area contributed by atoms with Gasteiger partial charge in [-0.05, 0) is 52.7 Å². The molecule has 2 unspecified atom stereocenters. The second kappa shape index (κ2) is 6.15. The van der Waals surface area contributed by atoms with Gasteiger partial charge in [-0.15, -0.1) is 0 Å². The van der Waals surface area contributed by atoms with Crippen molar-refractivity contribution in [3.8, 4) is 0 Å². The summed E-state index contributed by atoms with van der Waals surface area (Å²) in [5, 5.41) is 7.91. The van der Waals surface area contributed by atoms with Gasteiger partial charge in [-0.1, -0.05) is 6.92 Å². The lowest BCUT2D eigenvalue weighted by Gasteiger charge is -2.31. The van der Waals surface area contributed by atoms with Crippen LogP contribution in [-0.2, 0) is 4.74 Å². The fourth-order valence-electron chi connectivity index (χ4n) is 2.20. The highest BCUT2D eigenvalue weighted by atomic mass is 79.9. The molecule has 0 spiro atoms. The Kier molecular flexibility index (Phi) is 4.82. The Morgan fingerprint density at radius 1 is 1.56 bits per heavy atom. The van der Waals surface area contributed by atoms with E-state index in [-0.39, 0.29) is 0 Å². The van der Waals surface area contributed by atoms with Crippen molar-refractivity contribution in [2.45, 2.75) is 38.3 Å². The van der Waals surface area contributed by atoms with E-state index in [1.54, 1.807) is 11.3 Å². The zero-order valence-corrected chi connectivity index (χ0v) is 11.9. The Balaban J connectivity index is 2.12. The summed E-state index contributed by atoms with van der Waals surface area (Å²) in [5.41, 5.74) is 1.35. The van der Waals surface area contributed by atoms with Crippen molar-refractivity contribution >= 4 is 27.3 Å². The lowest BCUT2D eigenvalue weighted by molar-refractivity contribution is -0.00791. The number of hydrogen-bond donors (Lipinski definition) is 1. The van der Waals surface area contributed by atoms with Crippen LogP contribution in [0.15, 0.2) is 15.2 Å². The molecule has 1 saturated heterocycles. The largest absolute Gasteiger partial charge is 0.376 e. The van der Waals surface area contributed by atoms with Crippen molar-refractivity contribution in [1.82, 2.24) is 5.32 Å². The summed E-state index contributed by atoms with van der Waals surface area (Å²) < 4.78 is 7.10. The van der Waals surface area contributed by atoms with Crippen molar-refractivity contribution in [3.05, 3.63) is 20.8 Å². The first-order chi connectivity index (χ1) is 7.83. The molecule has 2 nitrogen and oxygen atoms in total. The molecule has 0 amide bonds. The number of nitrogens with one attached hydrogen (secondary N) is 1. The first-order valence-electron chi connectivity index (χ1n) is 5.89. The highest BCUT2D eigenvalue weighted by Crippen LogP contribution is 2.33. The molecular weight excluding hydrogens is 286 g/mol. The number of ether oxygens (including phenoxy) is 1. The zero-order chi connectivity index (χ0) is 11.4. The summed E-state index contributed by atoms with van der Waals surface area (Å²) in [7, 11) is 0. The highest BCUT2D eigenvalue weighted by molar-refractivity contribution is 9.10. The third-order valence-corrected chi connectivity index (χ3v) is 4.74. The molecule has 0 saturated carbocycles.